The van der Waals surface area contributed by atoms with E-state index in [1.807, 2.05) is 0 Å². The molecule has 0 radical (unpaired) electrons. The Morgan fingerprint density at radius 3 is 2.73 bits per heavy atom. The van der Waals surface area contributed by atoms with E-state index in [-0.39, 0.29) is 12.3 Å². The highest BCUT2D eigenvalue weighted by Crippen LogP contribution is 1.99. The Morgan fingerprint density at radius 2 is 2.36 bits per heavy atom. The van der Waals surface area contributed by atoms with Gasteiger partial charge in [-0.3, -0.25) is 4.79 Å². The van der Waals surface area contributed by atoms with Gasteiger partial charge in [0.2, 0.25) is 0 Å². The van der Waals surface area contributed by atoms with Crippen molar-refractivity contribution in [3.63, 3.8) is 0 Å². The highest BCUT2D eigenvalue weighted by Gasteiger charge is 2.09. The van der Waals surface area contributed by atoms with Gasteiger partial charge in [-0.05, 0) is 6.92 Å². The molecule has 0 heterocycles. The summed E-state index contributed by atoms with van der Waals surface area (Å²) in [5.41, 5.74) is -0.144. The van der Waals surface area contributed by atoms with Gasteiger partial charge in [0.15, 0.2) is 0 Å². The van der Waals surface area contributed by atoms with E-state index < -0.39 is 5.97 Å². The molecule has 0 unspecified atom stereocenters. The second kappa shape index (κ2) is 5.30. The normalized spacial score (nSPS) is 10.1. The summed E-state index contributed by atoms with van der Waals surface area (Å²) in [6.07, 6.45) is 1.06. The van der Waals surface area contributed by atoms with Crippen molar-refractivity contribution in [3.05, 3.63) is 23.4 Å². The number of esters is 1. The predicted octanol–water partition coefficient (Wildman–Crippen LogP) is 0.957. The highest BCUT2D eigenvalue weighted by atomic mass is 16.5. The number of rotatable bonds is 3. The van der Waals surface area contributed by atoms with Crippen molar-refractivity contribution in [1.29, 1.82) is 0 Å². The van der Waals surface area contributed by atoms with Crippen molar-refractivity contribution < 1.29 is 14.3 Å². The van der Waals surface area contributed by atoms with Crippen molar-refractivity contribution in [1.82, 2.24) is 0 Å². The van der Waals surface area contributed by atoms with Crippen LogP contribution in [0.2, 0.25) is 0 Å². The van der Waals surface area contributed by atoms with E-state index in [1.54, 1.807) is 6.92 Å². The molecule has 0 N–H and O–H groups in total. The van der Waals surface area contributed by atoms with Crippen LogP contribution in [-0.2, 0) is 14.3 Å². The molecule has 0 aromatic carbocycles. The summed E-state index contributed by atoms with van der Waals surface area (Å²) in [4.78, 5) is 13.7. The van der Waals surface area contributed by atoms with Gasteiger partial charge in [-0.1, -0.05) is 0 Å². The van der Waals surface area contributed by atoms with E-state index in [4.69, 9.17) is 6.57 Å². The van der Waals surface area contributed by atoms with E-state index in [0.717, 1.165) is 6.26 Å². The monoisotopic (exact) mass is 155 g/mol. The average molecular weight is 155 g/mol. The minimum atomic E-state index is -0.649. The third-order valence-corrected chi connectivity index (χ3v) is 0.835. The lowest BCUT2D eigenvalue weighted by Gasteiger charge is -1.97. The van der Waals surface area contributed by atoms with Crippen LogP contribution in [0.4, 0.5) is 0 Å². The first-order valence-electron chi connectivity index (χ1n) is 3.03. The van der Waals surface area contributed by atoms with Crippen LogP contribution in [-0.4, -0.2) is 19.7 Å². The predicted molar refractivity (Wildman–Crippen MR) is 38.3 cm³/mol. The van der Waals surface area contributed by atoms with Crippen molar-refractivity contribution in [3.8, 4) is 0 Å². The molecular weight excluding hydrogens is 146 g/mol. The Labute approximate surface area is 65.2 Å². The third-order valence-electron chi connectivity index (χ3n) is 0.835. The summed E-state index contributed by atoms with van der Waals surface area (Å²) in [6.45, 7) is 8.48. The maximum Gasteiger partial charge on any atom is 0.339 e. The summed E-state index contributed by atoms with van der Waals surface area (Å²) in [5.74, 6) is -0.649. The fourth-order valence-electron chi connectivity index (χ4n) is 0.437. The number of carbonyl (C=O) groups excluding carboxylic acids is 1. The number of ether oxygens (including phenoxy) is 2. The van der Waals surface area contributed by atoms with Crippen LogP contribution in [0.1, 0.15) is 6.92 Å². The molecule has 4 heteroatoms. The molecule has 4 nitrogen and oxygen atoms in total. The van der Waals surface area contributed by atoms with Gasteiger partial charge in [-0.2, -0.15) is 0 Å². The second-order valence-electron chi connectivity index (χ2n) is 1.57. The zero-order valence-electron chi connectivity index (χ0n) is 6.46. The lowest BCUT2D eigenvalue weighted by molar-refractivity contribution is -0.138. The lowest BCUT2D eigenvalue weighted by atomic mass is 10.5. The molecule has 0 bridgehead atoms. The van der Waals surface area contributed by atoms with E-state index in [1.165, 1.54) is 7.11 Å². The molecule has 0 saturated heterocycles. The smallest absolute Gasteiger partial charge is 0.339 e. The fraction of sp³-hybridized carbons (Fsp3) is 0.429. The largest absolute Gasteiger partial charge is 0.515 e. The third kappa shape index (κ3) is 3.26. The van der Waals surface area contributed by atoms with Crippen molar-refractivity contribution in [2.45, 2.75) is 6.92 Å². The molecular formula is C7H9NO3. The molecule has 0 aromatic rings. The number of nitrogens with zero attached hydrogens (tertiary/aromatic N) is 1. The van der Waals surface area contributed by atoms with Gasteiger partial charge in [-0.25, -0.2) is 4.85 Å². The molecule has 0 aliphatic heterocycles. The van der Waals surface area contributed by atoms with Gasteiger partial charge < -0.3 is 9.47 Å². The Balaban J connectivity index is 4.18. The van der Waals surface area contributed by atoms with Crippen LogP contribution in [0.3, 0.4) is 0 Å². The molecule has 0 fully saturated rings. The quantitative estimate of drug-likeness (QED) is 0.264. The maximum atomic E-state index is 10.8. The Bertz CT molecular complexity index is 202. The van der Waals surface area contributed by atoms with Crippen LogP contribution >= 0.6 is 0 Å². The van der Waals surface area contributed by atoms with Crippen LogP contribution in [0.25, 0.3) is 4.85 Å². The molecule has 0 atom stereocenters. The number of methoxy groups -OCH3 is 1. The summed E-state index contributed by atoms with van der Waals surface area (Å²) in [5, 5.41) is 0. The van der Waals surface area contributed by atoms with Crippen LogP contribution in [0.5, 0.6) is 0 Å². The van der Waals surface area contributed by atoms with E-state index in [9.17, 15) is 4.79 Å². The summed E-state index contributed by atoms with van der Waals surface area (Å²) >= 11 is 0. The van der Waals surface area contributed by atoms with E-state index in [0.29, 0.717) is 0 Å². The van der Waals surface area contributed by atoms with Crippen molar-refractivity contribution in [2.24, 2.45) is 0 Å². The van der Waals surface area contributed by atoms with E-state index >= 15 is 0 Å². The molecule has 0 amide bonds. The van der Waals surface area contributed by atoms with Gasteiger partial charge in [-0.15, -0.1) is 0 Å². The first-order chi connectivity index (χ1) is 5.26. The second-order valence-corrected chi connectivity index (χ2v) is 1.57. The van der Waals surface area contributed by atoms with Gasteiger partial charge in [0.1, 0.15) is 0 Å². The van der Waals surface area contributed by atoms with Gasteiger partial charge in [0.25, 0.3) is 0 Å². The van der Waals surface area contributed by atoms with Crippen molar-refractivity contribution in [2.75, 3.05) is 13.7 Å². The topological polar surface area (TPSA) is 39.9 Å². The van der Waals surface area contributed by atoms with Crippen LogP contribution in [0, 0.1) is 6.57 Å². The summed E-state index contributed by atoms with van der Waals surface area (Å²) in [7, 11) is 1.37. The summed E-state index contributed by atoms with van der Waals surface area (Å²) in [6, 6.07) is 0. The Morgan fingerprint density at radius 1 is 1.73 bits per heavy atom. The lowest BCUT2D eigenvalue weighted by Crippen LogP contribution is -2.05. The molecule has 0 saturated carbocycles. The molecule has 0 aliphatic carbocycles. The molecule has 0 spiro atoms. The van der Waals surface area contributed by atoms with Crippen LogP contribution < -0.4 is 0 Å². The molecule has 60 valence electrons. The Kier molecular flexibility index (Phi) is 4.58. The first-order valence-corrected chi connectivity index (χ1v) is 3.03. The zero-order chi connectivity index (χ0) is 8.69. The average Bonchev–Trinajstić information content (AvgIpc) is 2.00. The SMILES string of the molecule is [C-]#[N+]C(=COC)C(=O)OCC. The van der Waals surface area contributed by atoms with Crippen molar-refractivity contribution >= 4 is 5.97 Å². The maximum absolute atomic E-state index is 10.8. The Hall–Kier alpha value is -1.50. The molecule has 0 aliphatic rings. The molecule has 0 rings (SSSR count). The van der Waals surface area contributed by atoms with Gasteiger partial charge in [0, 0.05) is 0 Å². The fourth-order valence-corrected chi connectivity index (χ4v) is 0.437. The van der Waals surface area contributed by atoms with E-state index in [2.05, 4.69) is 14.3 Å². The summed E-state index contributed by atoms with van der Waals surface area (Å²) < 4.78 is 9.03. The minimum absolute atomic E-state index is 0.144. The number of carbonyl (C=O) groups is 1. The molecule has 11 heavy (non-hydrogen) atoms. The number of hydrogen-bond donors (Lipinski definition) is 0. The molecule has 0 aromatic heterocycles. The van der Waals surface area contributed by atoms with Crippen LogP contribution in [0.15, 0.2) is 12.0 Å². The standard InChI is InChI=1S/C7H9NO3/c1-4-11-7(9)6(8-2)5-10-3/h5H,4H2,1,3H3. The van der Waals surface area contributed by atoms with Gasteiger partial charge >= 0.3 is 11.7 Å². The highest BCUT2D eigenvalue weighted by molar-refractivity contribution is 5.89. The first kappa shape index (κ1) is 9.50. The number of hydrogen-bond acceptors (Lipinski definition) is 3. The minimum Gasteiger partial charge on any atom is -0.515 e. The van der Waals surface area contributed by atoms with Gasteiger partial charge in [0.05, 0.1) is 26.6 Å². The zero-order valence-corrected chi connectivity index (χ0v) is 6.46.